The molecule has 2 rings (SSSR count). The van der Waals surface area contributed by atoms with Crippen LogP contribution < -0.4 is 15.8 Å². The molecule has 0 heterocycles. The molecule has 1 amide bonds. The van der Waals surface area contributed by atoms with E-state index in [0.717, 1.165) is 11.6 Å². The number of hydrogen-bond acceptors (Lipinski definition) is 3. The Morgan fingerprint density at radius 3 is 2.63 bits per heavy atom. The molecule has 0 aromatic heterocycles. The molecule has 1 aliphatic rings. The minimum atomic E-state index is -0.460. The van der Waals surface area contributed by atoms with E-state index >= 15 is 0 Å². The summed E-state index contributed by atoms with van der Waals surface area (Å²) in [7, 11) is 0. The zero-order valence-electron chi connectivity index (χ0n) is 11.4. The van der Waals surface area contributed by atoms with Gasteiger partial charge < -0.3 is 15.8 Å². The molecular weight excluding hydrogens is 240 g/mol. The van der Waals surface area contributed by atoms with Crippen molar-refractivity contribution in [2.24, 2.45) is 11.7 Å². The maximum atomic E-state index is 10.6. The summed E-state index contributed by atoms with van der Waals surface area (Å²) < 4.78 is 5.23. The molecule has 1 saturated carbocycles. The largest absolute Gasteiger partial charge is 0.484 e. The lowest BCUT2D eigenvalue weighted by Gasteiger charge is -2.30. The summed E-state index contributed by atoms with van der Waals surface area (Å²) in [6, 6.07) is 8.25. The van der Waals surface area contributed by atoms with Crippen molar-refractivity contribution < 1.29 is 9.53 Å². The van der Waals surface area contributed by atoms with Gasteiger partial charge in [-0.05, 0) is 43.0 Å². The second-order valence-corrected chi connectivity index (χ2v) is 5.29. The molecule has 0 saturated heterocycles. The molecule has 19 heavy (non-hydrogen) atoms. The van der Waals surface area contributed by atoms with Crippen molar-refractivity contribution in [2.75, 3.05) is 11.9 Å². The maximum Gasteiger partial charge on any atom is 0.255 e. The van der Waals surface area contributed by atoms with E-state index < -0.39 is 5.91 Å². The van der Waals surface area contributed by atoms with Crippen molar-refractivity contribution in [3.63, 3.8) is 0 Å². The third kappa shape index (κ3) is 4.16. The number of nitrogens with one attached hydrogen (secondary N) is 1. The van der Waals surface area contributed by atoms with Crippen molar-refractivity contribution in [1.82, 2.24) is 0 Å². The molecule has 3 N–H and O–H groups in total. The SMILES string of the molecule is CC1CCCCC1Nc1ccc(OCC(N)=O)cc1. The standard InChI is InChI=1S/C15H22N2O2/c1-11-4-2-3-5-14(11)17-12-6-8-13(9-7-12)19-10-15(16)18/h6-9,11,14,17H,2-5,10H2,1H3,(H2,16,18). The van der Waals surface area contributed by atoms with Crippen LogP contribution in [0.2, 0.25) is 0 Å². The number of primary amides is 1. The lowest BCUT2D eigenvalue weighted by atomic mass is 9.86. The van der Waals surface area contributed by atoms with Gasteiger partial charge >= 0.3 is 0 Å². The zero-order valence-corrected chi connectivity index (χ0v) is 11.4. The molecule has 104 valence electrons. The van der Waals surface area contributed by atoms with Crippen LogP contribution in [0.3, 0.4) is 0 Å². The van der Waals surface area contributed by atoms with Crippen molar-refractivity contribution in [1.29, 1.82) is 0 Å². The Labute approximate surface area is 114 Å². The van der Waals surface area contributed by atoms with Gasteiger partial charge in [0.25, 0.3) is 5.91 Å². The lowest BCUT2D eigenvalue weighted by molar-refractivity contribution is -0.119. The molecule has 4 heteroatoms. The van der Waals surface area contributed by atoms with Gasteiger partial charge in [-0.1, -0.05) is 19.8 Å². The van der Waals surface area contributed by atoms with E-state index in [4.69, 9.17) is 10.5 Å². The highest BCUT2D eigenvalue weighted by molar-refractivity contribution is 5.75. The van der Waals surface area contributed by atoms with Gasteiger partial charge in [-0.2, -0.15) is 0 Å². The highest BCUT2D eigenvalue weighted by Gasteiger charge is 2.20. The number of benzene rings is 1. The van der Waals surface area contributed by atoms with Crippen LogP contribution >= 0.6 is 0 Å². The quantitative estimate of drug-likeness (QED) is 0.857. The summed E-state index contributed by atoms with van der Waals surface area (Å²) in [4.78, 5) is 10.6. The Hall–Kier alpha value is -1.71. The van der Waals surface area contributed by atoms with Crippen LogP contribution in [-0.2, 0) is 4.79 Å². The first-order valence-corrected chi connectivity index (χ1v) is 6.93. The topological polar surface area (TPSA) is 64.3 Å². The molecule has 0 bridgehead atoms. The molecule has 0 aliphatic heterocycles. The van der Waals surface area contributed by atoms with Crippen LogP contribution in [0.4, 0.5) is 5.69 Å². The molecule has 0 radical (unpaired) electrons. The predicted molar refractivity (Wildman–Crippen MR) is 76.2 cm³/mol. The second-order valence-electron chi connectivity index (χ2n) is 5.29. The molecule has 2 unspecified atom stereocenters. The molecule has 1 aromatic rings. The van der Waals surface area contributed by atoms with E-state index in [9.17, 15) is 4.79 Å². The minimum Gasteiger partial charge on any atom is -0.484 e. The molecule has 0 spiro atoms. The first kappa shape index (κ1) is 13.7. The van der Waals surface area contributed by atoms with Gasteiger partial charge in [-0.3, -0.25) is 4.79 Å². The number of ether oxygens (including phenoxy) is 1. The van der Waals surface area contributed by atoms with Crippen LogP contribution in [-0.4, -0.2) is 18.6 Å². The molecule has 1 aliphatic carbocycles. The number of nitrogens with two attached hydrogens (primary N) is 1. The van der Waals surface area contributed by atoms with E-state index in [1.807, 2.05) is 24.3 Å². The predicted octanol–water partition coefficient (Wildman–Crippen LogP) is 2.54. The van der Waals surface area contributed by atoms with Gasteiger partial charge in [0.1, 0.15) is 5.75 Å². The van der Waals surface area contributed by atoms with Gasteiger partial charge in [0, 0.05) is 11.7 Å². The summed E-state index contributed by atoms with van der Waals surface area (Å²) in [5.41, 5.74) is 6.13. The van der Waals surface area contributed by atoms with E-state index in [1.165, 1.54) is 25.7 Å². The van der Waals surface area contributed by atoms with Gasteiger partial charge in [0.2, 0.25) is 0 Å². The van der Waals surface area contributed by atoms with Crippen molar-refractivity contribution in [3.05, 3.63) is 24.3 Å². The number of rotatable bonds is 5. The van der Waals surface area contributed by atoms with Crippen LogP contribution in [0.15, 0.2) is 24.3 Å². The van der Waals surface area contributed by atoms with Gasteiger partial charge in [-0.15, -0.1) is 0 Å². The third-order valence-corrected chi connectivity index (χ3v) is 3.70. The van der Waals surface area contributed by atoms with Crippen molar-refractivity contribution in [2.45, 2.75) is 38.6 Å². The zero-order chi connectivity index (χ0) is 13.7. The van der Waals surface area contributed by atoms with Crippen LogP contribution in [0.25, 0.3) is 0 Å². The molecule has 1 fully saturated rings. The summed E-state index contributed by atoms with van der Waals surface area (Å²) >= 11 is 0. The molecular formula is C15H22N2O2. The Morgan fingerprint density at radius 2 is 2.00 bits per heavy atom. The summed E-state index contributed by atoms with van der Waals surface area (Å²) in [6.07, 6.45) is 5.19. The number of anilines is 1. The summed E-state index contributed by atoms with van der Waals surface area (Å²) in [6.45, 7) is 2.23. The van der Waals surface area contributed by atoms with E-state index in [0.29, 0.717) is 11.8 Å². The summed E-state index contributed by atoms with van der Waals surface area (Å²) in [5, 5.41) is 3.58. The number of amides is 1. The van der Waals surface area contributed by atoms with E-state index in [-0.39, 0.29) is 6.61 Å². The number of carbonyl (C=O) groups is 1. The Kier molecular flexibility index (Phi) is 4.66. The Morgan fingerprint density at radius 1 is 1.32 bits per heavy atom. The van der Waals surface area contributed by atoms with Crippen LogP contribution in [0.1, 0.15) is 32.6 Å². The van der Waals surface area contributed by atoms with Crippen molar-refractivity contribution in [3.8, 4) is 5.75 Å². The van der Waals surface area contributed by atoms with Crippen LogP contribution in [0.5, 0.6) is 5.75 Å². The maximum absolute atomic E-state index is 10.6. The lowest BCUT2D eigenvalue weighted by Crippen LogP contribution is -2.30. The third-order valence-electron chi connectivity index (χ3n) is 3.70. The fraction of sp³-hybridized carbons (Fsp3) is 0.533. The fourth-order valence-electron chi connectivity index (χ4n) is 2.55. The Balaban J connectivity index is 1.89. The molecule has 4 nitrogen and oxygen atoms in total. The van der Waals surface area contributed by atoms with Crippen LogP contribution in [0, 0.1) is 5.92 Å². The highest BCUT2D eigenvalue weighted by atomic mass is 16.5. The van der Waals surface area contributed by atoms with Gasteiger partial charge in [0.15, 0.2) is 6.61 Å². The van der Waals surface area contributed by atoms with Crippen molar-refractivity contribution >= 4 is 11.6 Å². The van der Waals surface area contributed by atoms with E-state index in [2.05, 4.69) is 12.2 Å². The molecule has 2 atom stereocenters. The summed E-state index contributed by atoms with van der Waals surface area (Å²) in [5.74, 6) is 0.929. The monoisotopic (exact) mass is 262 g/mol. The average molecular weight is 262 g/mol. The van der Waals surface area contributed by atoms with E-state index in [1.54, 1.807) is 0 Å². The first-order valence-electron chi connectivity index (χ1n) is 6.93. The second kappa shape index (κ2) is 6.45. The molecule has 1 aromatic carbocycles. The highest BCUT2D eigenvalue weighted by Crippen LogP contribution is 2.27. The number of hydrogen-bond donors (Lipinski definition) is 2. The smallest absolute Gasteiger partial charge is 0.255 e. The minimum absolute atomic E-state index is 0.0770. The fourth-order valence-corrected chi connectivity index (χ4v) is 2.55. The van der Waals surface area contributed by atoms with Gasteiger partial charge in [0.05, 0.1) is 0 Å². The normalized spacial score (nSPS) is 22.8. The number of carbonyl (C=O) groups excluding carboxylic acids is 1. The first-order chi connectivity index (χ1) is 9.15. The Bertz CT molecular complexity index is 417. The average Bonchev–Trinajstić information content (AvgIpc) is 2.40. The van der Waals surface area contributed by atoms with Gasteiger partial charge in [-0.25, -0.2) is 0 Å².